The van der Waals surface area contributed by atoms with E-state index in [9.17, 15) is 5.11 Å². The number of aliphatic hydroxyl groups is 1. The Morgan fingerprint density at radius 2 is 1.69 bits per heavy atom. The molecule has 2 aromatic carbocycles. The topological polar surface area (TPSA) is 23.5 Å². The second kappa shape index (κ2) is 7.38. The molecule has 1 aliphatic carbocycles. The van der Waals surface area contributed by atoms with Crippen LogP contribution in [0.15, 0.2) is 53.4 Å². The highest BCUT2D eigenvalue weighted by Crippen LogP contribution is 2.52. The van der Waals surface area contributed by atoms with Gasteiger partial charge in [0, 0.05) is 28.7 Å². The van der Waals surface area contributed by atoms with E-state index in [1.54, 1.807) is 0 Å². The number of hydrogen-bond donors (Lipinski definition) is 1. The summed E-state index contributed by atoms with van der Waals surface area (Å²) in [6, 6.07) is 17.1. The minimum absolute atomic E-state index is 0.264. The number of thioether (sulfide) groups is 1. The average Bonchev–Trinajstić information content (AvgIpc) is 2.78. The van der Waals surface area contributed by atoms with Gasteiger partial charge in [0.1, 0.15) is 5.60 Å². The van der Waals surface area contributed by atoms with Crippen LogP contribution >= 0.6 is 11.8 Å². The van der Waals surface area contributed by atoms with Crippen LogP contribution in [0, 0.1) is 11.8 Å². The monoisotopic (exact) mass is 367 g/mol. The summed E-state index contributed by atoms with van der Waals surface area (Å²) in [5.74, 6) is 1.72. The molecule has 0 aromatic heterocycles. The van der Waals surface area contributed by atoms with Crippen LogP contribution < -0.4 is 0 Å². The van der Waals surface area contributed by atoms with Gasteiger partial charge in [-0.1, -0.05) is 55.3 Å². The first kappa shape index (κ1) is 18.1. The van der Waals surface area contributed by atoms with Gasteiger partial charge >= 0.3 is 0 Å². The lowest BCUT2D eigenvalue weighted by Crippen LogP contribution is -2.45. The van der Waals surface area contributed by atoms with Gasteiger partial charge in [0.2, 0.25) is 0 Å². The molecule has 1 heterocycles. The van der Waals surface area contributed by atoms with Crippen molar-refractivity contribution in [3.05, 3.63) is 65.2 Å². The Balaban J connectivity index is 1.89. The molecule has 3 heteroatoms. The SMILES string of the molecule is CN(C)C[C@@H]1CCCC[C@@H]1[C@]1(O)c2ccccc2CSc2ccccc21. The second-order valence-corrected chi connectivity index (χ2v) is 9.14. The third-order valence-electron chi connectivity index (χ3n) is 6.15. The predicted octanol–water partition coefficient (Wildman–Crippen LogP) is 4.90. The minimum atomic E-state index is -0.891. The highest BCUT2D eigenvalue weighted by molar-refractivity contribution is 7.98. The zero-order chi connectivity index (χ0) is 18.1. The van der Waals surface area contributed by atoms with E-state index in [0.29, 0.717) is 5.92 Å². The number of benzene rings is 2. The first-order valence-electron chi connectivity index (χ1n) is 9.78. The Labute approximate surface area is 161 Å². The smallest absolute Gasteiger partial charge is 0.119 e. The van der Waals surface area contributed by atoms with E-state index in [4.69, 9.17) is 0 Å². The summed E-state index contributed by atoms with van der Waals surface area (Å²) < 4.78 is 0. The maximum absolute atomic E-state index is 12.4. The Bertz CT molecular complexity index is 725. The van der Waals surface area contributed by atoms with Crippen molar-refractivity contribution < 1.29 is 5.11 Å². The average molecular weight is 368 g/mol. The lowest BCUT2D eigenvalue weighted by molar-refractivity contribution is -0.0364. The maximum atomic E-state index is 12.4. The Hall–Kier alpha value is -1.29. The second-order valence-electron chi connectivity index (χ2n) is 8.12. The molecule has 0 saturated heterocycles. The molecule has 1 saturated carbocycles. The number of hydrogen-bond acceptors (Lipinski definition) is 3. The van der Waals surface area contributed by atoms with Crippen LogP contribution in [-0.2, 0) is 11.4 Å². The van der Waals surface area contributed by atoms with Crippen molar-refractivity contribution >= 4 is 11.8 Å². The van der Waals surface area contributed by atoms with Crippen molar-refractivity contribution in [3.63, 3.8) is 0 Å². The van der Waals surface area contributed by atoms with Gasteiger partial charge in [-0.25, -0.2) is 0 Å². The molecule has 0 spiro atoms. The minimum Gasteiger partial charge on any atom is -0.380 e. The number of rotatable bonds is 3. The van der Waals surface area contributed by atoms with Gasteiger partial charge in [-0.15, -0.1) is 11.8 Å². The quantitative estimate of drug-likeness (QED) is 0.835. The molecule has 138 valence electrons. The van der Waals surface area contributed by atoms with Crippen LogP contribution in [0.2, 0.25) is 0 Å². The highest BCUT2D eigenvalue weighted by atomic mass is 32.2. The van der Waals surface area contributed by atoms with Crippen molar-refractivity contribution in [2.24, 2.45) is 11.8 Å². The van der Waals surface area contributed by atoms with E-state index in [-0.39, 0.29) is 5.92 Å². The third-order valence-corrected chi connectivity index (χ3v) is 7.28. The van der Waals surface area contributed by atoms with Crippen LogP contribution in [0.1, 0.15) is 42.4 Å². The van der Waals surface area contributed by atoms with E-state index in [2.05, 4.69) is 67.5 Å². The standard InChI is InChI=1S/C23H29NOS/c1-24(2)15-17-9-3-5-11-19(17)23(25)20-12-6-4-10-18(20)16-26-22-14-8-7-13-21(22)23/h4,6-8,10,12-14,17,19,25H,3,5,9,11,15-16H2,1-2H3/t17-,19-,23-/m0/s1. The molecule has 26 heavy (non-hydrogen) atoms. The normalized spacial score (nSPS) is 28.3. The van der Waals surface area contributed by atoms with Crippen LogP contribution in [0.3, 0.4) is 0 Å². The largest absolute Gasteiger partial charge is 0.380 e. The summed E-state index contributed by atoms with van der Waals surface area (Å²) in [6.45, 7) is 1.05. The van der Waals surface area contributed by atoms with Crippen LogP contribution in [0.4, 0.5) is 0 Å². The molecule has 4 rings (SSSR count). The summed E-state index contributed by atoms with van der Waals surface area (Å²) in [5, 5.41) is 12.4. The van der Waals surface area contributed by atoms with Crippen molar-refractivity contribution in [3.8, 4) is 0 Å². The molecule has 1 fully saturated rings. The number of nitrogens with zero attached hydrogens (tertiary/aromatic N) is 1. The molecule has 0 unspecified atom stereocenters. The Kier molecular flexibility index (Phi) is 5.13. The molecule has 1 N–H and O–H groups in total. The summed E-state index contributed by atoms with van der Waals surface area (Å²) in [6.07, 6.45) is 4.81. The fraction of sp³-hybridized carbons (Fsp3) is 0.478. The Morgan fingerprint density at radius 1 is 1.00 bits per heavy atom. The molecule has 0 bridgehead atoms. The van der Waals surface area contributed by atoms with E-state index in [1.807, 2.05) is 11.8 Å². The molecule has 2 nitrogen and oxygen atoms in total. The van der Waals surface area contributed by atoms with Crippen molar-refractivity contribution in [1.82, 2.24) is 4.90 Å². The molecule has 2 aliphatic rings. The number of fused-ring (bicyclic) bond motifs is 2. The third kappa shape index (κ3) is 3.11. The van der Waals surface area contributed by atoms with Gasteiger partial charge in [-0.2, -0.15) is 0 Å². The van der Waals surface area contributed by atoms with Crippen molar-refractivity contribution in [1.29, 1.82) is 0 Å². The molecular formula is C23H29NOS. The molecule has 0 radical (unpaired) electrons. The summed E-state index contributed by atoms with van der Waals surface area (Å²) in [5.41, 5.74) is 2.64. The van der Waals surface area contributed by atoms with Gasteiger partial charge in [0.15, 0.2) is 0 Å². The predicted molar refractivity (Wildman–Crippen MR) is 109 cm³/mol. The van der Waals surface area contributed by atoms with Crippen molar-refractivity contribution in [2.45, 2.75) is 41.9 Å². The van der Waals surface area contributed by atoms with E-state index >= 15 is 0 Å². The maximum Gasteiger partial charge on any atom is 0.119 e. The van der Waals surface area contributed by atoms with E-state index < -0.39 is 5.60 Å². The van der Waals surface area contributed by atoms with Gasteiger partial charge < -0.3 is 10.0 Å². The van der Waals surface area contributed by atoms with Crippen molar-refractivity contribution in [2.75, 3.05) is 20.6 Å². The lowest BCUT2D eigenvalue weighted by atomic mass is 9.64. The fourth-order valence-corrected chi connectivity index (χ4v) is 6.19. The highest BCUT2D eigenvalue weighted by Gasteiger charge is 2.47. The molecule has 1 aliphatic heterocycles. The first-order valence-corrected chi connectivity index (χ1v) is 10.8. The van der Waals surface area contributed by atoms with E-state index in [0.717, 1.165) is 29.8 Å². The van der Waals surface area contributed by atoms with Gasteiger partial charge in [-0.05, 0) is 50.0 Å². The lowest BCUT2D eigenvalue weighted by Gasteiger charge is -2.45. The zero-order valence-corrected chi connectivity index (χ0v) is 16.6. The van der Waals surface area contributed by atoms with Crippen LogP contribution in [-0.4, -0.2) is 30.6 Å². The zero-order valence-electron chi connectivity index (χ0n) is 15.8. The molecule has 2 aromatic rings. The van der Waals surface area contributed by atoms with Gasteiger partial charge in [-0.3, -0.25) is 0 Å². The fourth-order valence-electron chi connectivity index (χ4n) is 5.07. The van der Waals surface area contributed by atoms with Gasteiger partial charge in [0.25, 0.3) is 0 Å². The summed E-state index contributed by atoms with van der Waals surface area (Å²) in [4.78, 5) is 3.52. The first-order chi connectivity index (χ1) is 12.6. The van der Waals surface area contributed by atoms with Crippen LogP contribution in [0.25, 0.3) is 0 Å². The summed E-state index contributed by atoms with van der Waals surface area (Å²) >= 11 is 1.86. The van der Waals surface area contributed by atoms with E-state index in [1.165, 1.54) is 29.7 Å². The molecule has 3 atom stereocenters. The van der Waals surface area contributed by atoms with Gasteiger partial charge in [0.05, 0.1) is 0 Å². The van der Waals surface area contributed by atoms with Crippen LogP contribution in [0.5, 0.6) is 0 Å². The Morgan fingerprint density at radius 3 is 2.50 bits per heavy atom. The molecular weight excluding hydrogens is 338 g/mol. The molecule has 0 amide bonds. The summed E-state index contributed by atoms with van der Waals surface area (Å²) in [7, 11) is 4.31.